The van der Waals surface area contributed by atoms with Crippen molar-refractivity contribution in [3.8, 4) is 17.0 Å². The summed E-state index contributed by atoms with van der Waals surface area (Å²) in [5.41, 5.74) is 2.82. The molecule has 0 saturated heterocycles. The largest absolute Gasteiger partial charge is 0.491 e. The van der Waals surface area contributed by atoms with Crippen LogP contribution in [0.4, 0.5) is 4.39 Å². The Morgan fingerprint density at radius 1 is 0.885 bits per heavy atom. The van der Waals surface area contributed by atoms with Crippen molar-refractivity contribution in [2.75, 3.05) is 6.61 Å². The lowest BCUT2D eigenvalue weighted by atomic mass is 10.1. The van der Waals surface area contributed by atoms with Crippen molar-refractivity contribution in [3.63, 3.8) is 0 Å². The summed E-state index contributed by atoms with van der Waals surface area (Å²) < 4.78 is 19.9. The van der Waals surface area contributed by atoms with Gasteiger partial charge in [0.1, 0.15) is 0 Å². The first-order valence-corrected chi connectivity index (χ1v) is 10.1. The highest BCUT2D eigenvalue weighted by Gasteiger charge is 2.07. The summed E-state index contributed by atoms with van der Waals surface area (Å²) in [6.45, 7) is 4.97. The monoisotopic (exact) mass is 357 g/mol. The van der Waals surface area contributed by atoms with Gasteiger partial charge in [0.25, 0.3) is 0 Å². The predicted octanol–water partition coefficient (Wildman–Crippen LogP) is 6.97. The summed E-state index contributed by atoms with van der Waals surface area (Å²) in [6.07, 6.45) is 12.5. The number of nitrogens with zero attached hydrogens (tertiary/aromatic N) is 1. The molecule has 0 spiro atoms. The van der Waals surface area contributed by atoms with Crippen LogP contribution in [-0.4, -0.2) is 11.6 Å². The molecule has 0 radical (unpaired) electrons. The van der Waals surface area contributed by atoms with E-state index in [9.17, 15) is 4.39 Å². The third kappa shape index (κ3) is 6.78. The fourth-order valence-electron chi connectivity index (χ4n) is 2.97. The van der Waals surface area contributed by atoms with Gasteiger partial charge in [0.05, 0.1) is 12.3 Å². The van der Waals surface area contributed by atoms with Crippen molar-refractivity contribution in [3.05, 3.63) is 47.9 Å². The van der Waals surface area contributed by atoms with Crippen molar-refractivity contribution in [1.29, 1.82) is 0 Å². The van der Waals surface area contributed by atoms with Crippen LogP contribution in [0.1, 0.15) is 70.8 Å². The van der Waals surface area contributed by atoms with Crippen LogP contribution in [0.5, 0.6) is 5.75 Å². The van der Waals surface area contributed by atoms with E-state index in [2.05, 4.69) is 24.9 Å². The molecule has 0 fully saturated rings. The predicted molar refractivity (Wildman–Crippen MR) is 107 cm³/mol. The van der Waals surface area contributed by atoms with Crippen molar-refractivity contribution in [1.82, 2.24) is 4.98 Å². The number of unbranched alkanes of at least 4 members (excludes halogenated alkanes) is 6. The van der Waals surface area contributed by atoms with E-state index in [0.29, 0.717) is 12.4 Å². The Kier molecular flexibility index (Phi) is 9.16. The maximum atomic E-state index is 14.3. The fraction of sp³-hybridized carbons (Fsp3) is 0.522. The Bertz CT molecular complexity index is 639. The zero-order valence-corrected chi connectivity index (χ0v) is 16.3. The lowest BCUT2D eigenvalue weighted by Gasteiger charge is -2.09. The van der Waals surface area contributed by atoms with Gasteiger partial charge in [-0.15, -0.1) is 0 Å². The summed E-state index contributed by atoms with van der Waals surface area (Å²) in [4.78, 5) is 4.48. The smallest absolute Gasteiger partial charge is 0.165 e. The van der Waals surface area contributed by atoms with E-state index >= 15 is 0 Å². The highest BCUT2D eigenvalue weighted by atomic mass is 19.1. The first-order chi connectivity index (χ1) is 12.7. The number of benzene rings is 1. The van der Waals surface area contributed by atoms with Crippen LogP contribution < -0.4 is 4.74 Å². The molecule has 26 heavy (non-hydrogen) atoms. The first kappa shape index (κ1) is 20.4. The highest BCUT2D eigenvalue weighted by Crippen LogP contribution is 2.25. The Hall–Kier alpha value is -1.90. The van der Waals surface area contributed by atoms with Crippen LogP contribution in [-0.2, 0) is 6.42 Å². The summed E-state index contributed by atoms with van der Waals surface area (Å²) in [6, 6.07) is 9.17. The van der Waals surface area contributed by atoms with Crippen LogP contribution in [0.15, 0.2) is 36.5 Å². The van der Waals surface area contributed by atoms with Gasteiger partial charge in [-0.3, -0.25) is 4.98 Å². The van der Waals surface area contributed by atoms with Crippen LogP contribution in [0.3, 0.4) is 0 Å². The zero-order valence-electron chi connectivity index (χ0n) is 16.3. The van der Waals surface area contributed by atoms with Crippen molar-refractivity contribution >= 4 is 0 Å². The molecule has 1 aromatic heterocycles. The molecule has 0 aliphatic carbocycles. The Labute approximate surface area is 157 Å². The number of aromatic nitrogens is 1. The van der Waals surface area contributed by atoms with E-state index in [4.69, 9.17) is 4.74 Å². The molecular formula is C23H32FNO. The second-order valence-corrected chi connectivity index (χ2v) is 6.92. The molecule has 2 aromatic rings. The van der Waals surface area contributed by atoms with Crippen molar-refractivity contribution in [2.45, 2.75) is 71.6 Å². The lowest BCUT2D eigenvalue weighted by Crippen LogP contribution is -1.99. The second kappa shape index (κ2) is 11.7. The molecule has 1 aromatic carbocycles. The Balaban J connectivity index is 1.84. The van der Waals surface area contributed by atoms with Crippen LogP contribution in [0.25, 0.3) is 11.3 Å². The lowest BCUT2D eigenvalue weighted by molar-refractivity contribution is 0.290. The zero-order chi connectivity index (χ0) is 18.6. The molecule has 1 heterocycles. The van der Waals surface area contributed by atoms with Gasteiger partial charge >= 0.3 is 0 Å². The quantitative estimate of drug-likeness (QED) is 0.383. The molecule has 2 rings (SSSR count). The topological polar surface area (TPSA) is 22.1 Å². The number of rotatable bonds is 12. The SMILES string of the molecule is CCCCCCCCOc1ccc(-c2ccc(CCCC)cn2)cc1F. The maximum Gasteiger partial charge on any atom is 0.165 e. The number of hydrogen-bond acceptors (Lipinski definition) is 2. The third-order valence-electron chi connectivity index (χ3n) is 4.63. The minimum Gasteiger partial charge on any atom is -0.491 e. The van der Waals surface area contributed by atoms with Gasteiger partial charge in [-0.2, -0.15) is 0 Å². The fourth-order valence-corrected chi connectivity index (χ4v) is 2.97. The minimum atomic E-state index is -0.314. The van der Waals surface area contributed by atoms with Gasteiger partial charge in [-0.25, -0.2) is 4.39 Å². The van der Waals surface area contributed by atoms with Gasteiger partial charge in [-0.05, 0) is 49.1 Å². The van der Waals surface area contributed by atoms with E-state index in [1.54, 1.807) is 6.07 Å². The van der Waals surface area contributed by atoms with Gasteiger partial charge < -0.3 is 4.74 Å². The molecule has 0 saturated carbocycles. The normalized spacial score (nSPS) is 10.9. The summed E-state index contributed by atoms with van der Waals surface area (Å²) in [5.74, 6) is 0.0206. The molecule has 0 N–H and O–H groups in total. The van der Waals surface area contributed by atoms with E-state index in [1.165, 1.54) is 50.2 Å². The van der Waals surface area contributed by atoms with Crippen LogP contribution in [0, 0.1) is 5.82 Å². The number of aryl methyl sites for hydroxylation is 1. The number of hydrogen-bond donors (Lipinski definition) is 0. The van der Waals surface area contributed by atoms with Crippen LogP contribution in [0.2, 0.25) is 0 Å². The molecule has 0 amide bonds. The molecule has 0 atom stereocenters. The van der Waals surface area contributed by atoms with Crippen molar-refractivity contribution < 1.29 is 9.13 Å². The number of halogens is 1. The first-order valence-electron chi connectivity index (χ1n) is 10.1. The van der Waals surface area contributed by atoms with Gasteiger partial charge in [0.15, 0.2) is 11.6 Å². The highest BCUT2D eigenvalue weighted by molar-refractivity contribution is 5.60. The second-order valence-electron chi connectivity index (χ2n) is 6.92. The molecule has 0 aliphatic rings. The molecule has 0 bridgehead atoms. The Morgan fingerprint density at radius 3 is 2.35 bits per heavy atom. The minimum absolute atomic E-state index is 0.314. The average molecular weight is 358 g/mol. The standard InChI is InChI=1S/C23H32FNO/c1-3-5-7-8-9-10-16-26-23-15-13-20(17-21(23)24)22-14-12-19(18-25-22)11-6-4-2/h12-15,17-18H,3-11,16H2,1-2H3. The molecule has 3 heteroatoms. The number of ether oxygens (including phenoxy) is 1. The van der Waals surface area contributed by atoms with Gasteiger partial charge in [0.2, 0.25) is 0 Å². The molecular weight excluding hydrogens is 325 g/mol. The van der Waals surface area contributed by atoms with Crippen molar-refractivity contribution in [2.24, 2.45) is 0 Å². The summed E-state index contributed by atoms with van der Waals surface area (Å²) in [7, 11) is 0. The van der Waals surface area contributed by atoms with E-state index in [1.807, 2.05) is 18.3 Å². The summed E-state index contributed by atoms with van der Waals surface area (Å²) in [5, 5.41) is 0. The van der Waals surface area contributed by atoms with E-state index in [-0.39, 0.29) is 5.82 Å². The maximum absolute atomic E-state index is 14.3. The summed E-state index contributed by atoms with van der Waals surface area (Å²) >= 11 is 0. The molecule has 2 nitrogen and oxygen atoms in total. The molecule has 142 valence electrons. The van der Waals surface area contributed by atoms with Gasteiger partial charge in [0, 0.05) is 11.8 Å². The van der Waals surface area contributed by atoms with E-state index in [0.717, 1.165) is 30.5 Å². The van der Waals surface area contributed by atoms with Crippen LogP contribution >= 0.6 is 0 Å². The molecule has 0 unspecified atom stereocenters. The van der Waals surface area contributed by atoms with Gasteiger partial charge in [-0.1, -0.05) is 58.4 Å². The van der Waals surface area contributed by atoms with E-state index < -0.39 is 0 Å². The third-order valence-corrected chi connectivity index (χ3v) is 4.63. The number of pyridine rings is 1. The molecule has 0 aliphatic heterocycles. The Morgan fingerprint density at radius 2 is 1.65 bits per heavy atom. The average Bonchev–Trinajstić information content (AvgIpc) is 2.67.